The number of hydrogen-bond donors (Lipinski definition) is 2. The number of halogens is 2. The number of nitrogen functional groups attached to an aromatic ring is 1. The van der Waals surface area contributed by atoms with Crippen LogP contribution in [-0.4, -0.2) is 6.04 Å². The molecule has 0 heterocycles. The number of rotatable bonds is 4. The van der Waals surface area contributed by atoms with Crippen molar-refractivity contribution in [1.82, 2.24) is 0 Å². The average Bonchev–Trinajstić information content (AvgIpc) is 2.09. The van der Waals surface area contributed by atoms with Gasteiger partial charge in [0.15, 0.2) is 11.6 Å². The van der Waals surface area contributed by atoms with Crippen LogP contribution >= 0.6 is 0 Å². The van der Waals surface area contributed by atoms with E-state index in [4.69, 9.17) is 5.73 Å². The van der Waals surface area contributed by atoms with Crippen LogP contribution in [0.15, 0.2) is 12.1 Å². The normalized spacial score (nSPS) is 12.9. The zero-order chi connectivity index (χ0) is 12.3. The molecule has 1 unspecified atom stereocenters. The molecule has 0 saturated heterocycles. The van der Waals surface area contributed by atoms with Crippen LogP contribution in [0.2, 0.25) is 0 Å². The molecule has 0 fully saturated rings. The summed E-state index contributed by atoms with van der Waals surface area (Å²) in [5, 5.41) is 2.83. The molecule has 0 aliphatic rings. The van der Waals surface area contributed by atoms with Crippen molar-refractivity contribution in [2.24, 2.45) is 5.92 Å². The third-order valence-electron chi connectivity index (χ3n) is 2.28. The van der Waals surface area contributed by atoms with Crippen LogP contribution in [0.3, 0.4) is 0 Å². The quantitative estimate of drug-likeness (QED) is 0.775. The maximum atomic E-state index is 13.4. The molecule has 4 heteroatoms. The Kier molecular flexibility index (Phi) is 4.10. The van der Waals surface area contributed by atoms with Crippen LogP contribution in [0, 0.1) is 17.6 Å². The van der Waals surface area contributed by atoms with Crippen LogP contribution in [0.5, 0.6) is 0 Å². The van der Waals surface area contributed by atoms with E-state index in [-0.39, 0.29) is 17.4 Å². The van der Waals surface area contributed by atoms with E-state index in [0.29, 0.717) is 5.92 Å². The molecule has 1 aromatic carbocycles. The van der Waals surface area contributed by atoms with E-state index in [1.165, 1.54) is 0 Å². The van der Waals surface area contributed by atoms with Crippen LogP contribution in [0.1, 0.15) is 27.2 Å². The summed E-state index contributed by atoms with van der Waals surface area (Å²) >= 11 is 0. The van der Waals surface area contributed by atoms with Gasteiger partial charge in [-0.05, 0) is 31.4 Å². The van der Waals surface area contributed by atoms with E-state index in [1.807, 2.05) is 6.92 Å². The molecule has 0 aliphatic carbocycles. The third kappa shape index (κ3) is 3.36. The monoisotopic (exact) mass is 228 g/mol. The molecular formula is C12H18F2N2. The van der Waals surface area contributed by atoms with Crippen LogP contribution in [0.4, 0.5) is 20.2 Å². The largest absolute Gasteiger partial charge is 0.399 e. The fraction of sp³-hybridized carbons (Fsp3) is 0.500. The molecule has 90 valence electrons. The fourth-order valence-corrected chi connectivity index (χ4v) is 1.74. The molecule has 1 atom stereocenters. The first kappa shape index (κ1) is 12.7. The number of anilines is 2. The molecule has 0 radical (unpaired) electrons. The minimum Gasteiger partial charge on any atom is -0.399 e. The van der Waals surface area contributed by atoms with Crippen LogP contribution in [-0.2, 0) is 0 Å². The van der Waals surface area contributed by atoms with E-state index in [2.05, 4.69) is 19.2 Å². The first-order valence-corrected chi connectivity index (χ1v) is 5.41. The second-order valence-electron chi connectivity index (χ2n) is 4.53. The Balaban J connectivity index is 2.81. The number of benzene rings is 1. The van der Waals surface area contributed by atoms with Crippen molar-refractivity contribution in [1.29, 1.82) is 0 Å². The van der Waals surface area contributed by atoms with Gasteiger partial charge in [0.05, 0.1) is 0 Å². The number of nitrogens with two attached hydrogens (primary N) is 1. The van der Waals surface area contributed by atoms with Crippen molar-refractivity contribution >= 4 is 11.4 Å². The molecule has 3 N–H and O–H groups in total. The fourth-order valence-electron chi connectivity index (χ4n) is 1.74. The zero-order valence-corrected chi connectivity index (χ0v) is 9.85. The Morgan fingerprint density at radius 2 is 1.69 bits per heavy atom. The Morgan fingerprint density at radius 3 is 2.12 bits per heavy atom. The summed E-state index contributed by atoms with van der Waals surface area (Å²) in [5.41, 5.74) is 5.33. The topological polar surface area (TPSA) is 38.0 Å². The molecule has 0 saturated carbocycles. The summed E-state index contributed by atoms with van der Waals surface area (Å²) in [4.78, 5) is 0. The van der Waals surface area contributed by atoms with Gasteiger partial charge < -0.3 is 11.1 Å². The molecule has 16 heavy (non-hydrogen) atoms. The first-order valence-electron chi connectivity index (χ1n) is 5.41. The van der Waals surface area contributed by atoms with E-state index in [9.17, 15) is 8.78 Å². The molecule has 0 amide bonds. The standard InChI is InChI=1S/C12H18F2N2/c1-7(2)4-8(3)16-12-10(13)5-9(15)6-11(12)14/h5-8,16H,4,15H2,1-3H3. The second-order valence-corrected chi connectivity index (χ2v) is 4.53. The van der Waals surface area contributed by atoms with Crippen molar-refractivity contribution in [2.45, 2.75) is 33.2 Å². The van der Waals surface area contributed by atoms with Gasteiger partial charge in [-0.2, -0.15) is 0 Å². The Morgan fingerprint density at radius 1 is 1.19 bits per heavy atom. The molecule has 0 aliphatic heterocycles. The SMILES string of the molecule is CC(C)CC(C)Nc1c(F)cc(N)cc1F. The summed E-state index contributed by atoms with van der Waals surface area (Å²) in [7, 11) is 0. The number of hydrogen-bond acceptors (Lipinski definition) is 2. The van der Waals surface area contributed by atoms with Crippen molar-refractivity contribution in [3.8, 4) is 0 Å². The van der Waals surface area contributed by atoms with Gasteiger partial charge in [0.1, 0.15) is 5.69 Å². The van der Waals surface area contributed by atoms with Gasteiger partial charge in [-0.1, -0.05) is 13.8 Å². The van der Waals surface area contributed by atoms with E-state index >= 15 is 0 Å². The highest BCUT2D eigenvalue weighted by atomic mass is 19.1. The molecule has 0 bridgehead atoms. The highest BCUT2D eigenvalue weighted by Gasteiger charge is 2.13. The van der Waals surface area contributed by atoms with Crippen molar-refractivity contribution in [2.75, 3.05) is 11.1 Å². The molecule has 1 rings (SSSR count). The molecule has 0 aromatic heterocycles. The summed E-state index contributed by atoms with van der Waals surface area (Å²) in [5.74, 6) is -0.816. The Bertz CT molecular complexity index is 341. The third-order valence-corrected chi connectivity index (χ3v) is 2.28. The van der Waals surface area contributed by atoms with Gasteiger partial charge in [-0.15, -0.1) is 0 Å². The molecule has 0 spiro atoms. The lowest BCUT2D eigenvalue weighted by atomic mass is 10.0. The first-order chi connectivity index (χ1) is 7.40. The molecule has 2 nitrogen and oxygen atoms in total. The average molecular weight is 228 g/mol. The van der Waals surface area contributed by atoms with Gasteiger partial charge in [-0.3, -0.25) is 0 Å². The van der Waals surface area contributed by atoms with E-state index < -0.39 is 11.6 Å². The summed E-state index contributed by atoms with van der Waals surface area (Å²) < 4.78 is 26.9. The van der Waals surface area contributed by atoms with Crippen molar-refractivity contribution < 1.29 is 8.78 Å². The van der Waals surface area contributed by atoms with Gasteiger partial charge in [0.2, 0.25) is 0 Å². The number of nitrogens with one attached hydrogen (secondary N) is 1. The van der Waals surface area contributed by atoms with Crippen LogP contribution in [0.25, 0.3) is 0 Å². The van der Waals surface area contributed by atoms with E-state index in [1.54, 1.807) is 0 Å². The van der Waals surface area contributed by atoms with Crippen LogP contribution < -0.4 is 11.1 Å². The predicted molar refractivity (Wildman–Crippen MR) is 63.3 cm³/mol. The maximum Gasteiger partial charge on any atom is 0.151 e. The Labute approximate surface area is 94.8 Å². The second kappa shape index (κ2) is 5.14. The highest BCUT2D eigenvalue weighted by Crippen LogP contribution is 2.23. The summed E-state index contributed by atoms with van der Waals surface area (Å²) in [6.07, 6.45) is 0.850. The maximum absolute atomic E-state index is 13.4. The van der Waals surface area contributed by atoms with E-state index in [0.717, 1.165) is 18.6 Å². The minimum atomic E-state index is -0.645. The molecule has 1 aromatic rings. The zero-order valence-electron chi connectivity index (χ0n) is 9.85. The van der Waals surface area contributed by atoms with Crippen molar-refractivity contribution in [3.63, 3.8) is 0 Å². The lowest BCUT2D eigenvalue weighted by Gasteiger charge is -2.18. The smallest absolute Gasteiger partial charge is 0.151 e. The lowest BCUT2D eigenvalue weighted by molar-refractivity contribution is 0.528. The summed E-state index contributed by atoms with van der Waals surface area (Å²) in [6.45, 7) is 6.02. The highest BCUT2D eigenvalue weighted by molar-refractivity contribution is 5.54. The van der Waals surface area contributed by atoms with Gasteiger partial charge in [0.25, 0.3) is 0 Å². The minimum absolute atomic E-state index is 0.0209. The van der Waals surface area contributed by atoms with Gasteiger partial charge >= 0.3 is 0 Å². The predicted octanol–water partition coefficient (Wildman–Crippen LogP) is 3.39. The van der Waals surface area contributed by atoms with Gasteiger partial charge in [0, 0.05) is 11.7 Å². The Hall–Kier alpha value is -1.32. The van der Waals surface area contributed by atoms with Gasteiger partial charge in [-0.25, -0.2) is 8.78 Å². The summed E-state index contributed by atoms with van der Waals surface area (Å²) in [6, 6.07) is 2.26. The van der Waals surface area contributed by atoms with Crippen molar-refractivity contribution in [3.05, 3.63) is 23.8 Å². The lowest BCUT2D eigenvalue weighted by Crippen LogP contribution is -2.19. The molecular weight excluding hydrogens is 210 g/mol.